The average Bonchev–Trinajstić information content (AvgIpc) is 2.61. The van der Waals surface area contributed by atoms with E-state index in [-0.39, 0.29) is 12.4 Å². The molecule has 0 aliphatic carbocycles. The number of methoxy groups -OCH3 is 1. The van der Waals surface area contributed by atoms with E-state index < -0.39 is 0 Å². The van der Waals surface area contributed by atoms with Crippen LogP contribution in [0.5, 0.6) is 11.5 Å². The third kappa shape index (κ3) is 4.94. The van der Waals surface area contributed by atoms with Crippen LogP contribution >= 0.6 is 0 Å². The summed E-state index contributed by atoms with van der Waals surface area (Å²) in [5.41, 5.74) is 0.573. The number of carbonyl (C=O) groups is 1. The highest BCUT2D eigenvalue weighted by Crippen LogP contribution is 2.21. The van der Waals surface area contributed by atoms with E-state index in [1.54, 1.807) is 37.6 Å². The number of unbranched alkanes of at least 4 members (excludes halogenated alkanes) is 1. The molecule has 0 fully saturated rings. The van der Waals surface area contributed by atoms with Crippen molar-refractivity contribution in [1.29, 1.82) is 0 Å². The summed E-state index contributed by atoms with van der Waals surface area (Å²) in [6, 6.07) is 6.94. The lowest BCUT2D eigenvalue weighted by Gasteiger charge is -2.12. The molecule has 2 aromatic rings. The molecule has 0 radical (unpaired) electrons. The number of ether oxygens (including phenoxy) is 2. The number of rotatable bonds is 9. The normalized spacial score (nSPS) is 10.3. The quantitative estimate of drug-likeness (QED) is 0.562. The summed E-state index contributed by atoms with van der Waals surface area (Å²) >= 11 is 0. The minimum atomic E-state index is -0.113. The Bertz CT molecular complexity index is 672. The monoisotopic (exact) mass is 329 g/mol. The van der Waals surface area contributed by atoms with E-state index in [0.717, 1.165) is 19.4 Å². The Morgan fingerprint density at radius 1 is 1.25 bits per heavy atom. The Morgan fingerprint density at radius 2 is 2.00 bits per heavy atom. The lowest BCUT2D eigenvalue weighted by Crippen LogP contribution is -2.14. The molecule has 0 spiro atoms. The Kier molecular flexibility index (Phi) is 6.54. The third-order valence-corrected chi connectivity index (χ3v) is 3.47. The highest BCUT2D eigenvalue weighted by atomic mass is 16.5. The van der Waals surface area contributed by atoms with Crippen molar-refractivity contribution in [2.45, 2.75) is 26.7 Å². The first kappa shape index (κ1) is 17.7. The van der Waals surface area contributed by atoms with Crippen molar-refractivity contribution >= 4 is 11.6 Å². The van der Waals surface area contributed by atoms with E-state index in [4.69, 9.17) is 9.47 Å². The Morgan fingerprint density at radius 3 is 2.67 bits per heavy atom. The van der Waals surface area contributed by atoms with Crippen molar-refractivity contribution in [3.8, 4) is 11.5 Å². The molecule has 0 unspecified atom stereocenters. The number of hydrogen-bond acceptors (Lipinski definition) is 6. The highest BCUT2D eigenvalue weighted by molar-refractivity contribution is 5.97. The fraction of sp³-hybridized carbons (Fsp3) is 0.389. The van der Waals surface area contributed by atoms with Crippen molar-refractivity contribution in [3.05, 3.63) is 41.9 Å². The van der Waals surface area contributed by atoms with Crippen LogP contribution in [0.4, 0.5) is 5.82 Å². The summed E-state index contributed by atoms with van der Waals surface area (Å²) < 4.78 is 10.7. The van der Waals surface area contributed by atoms with Gasteiger partial charge in [-0.15, -0.1) is 0 Å². The highest BCUT2D eigenvalue weighted by Gasteiger charge is 2.11. The lowest BCUT2D eigenvalue weighted by molar-refractivity contribution is 0.0921. The van der Waals surface area contributed by atoms with Gasteiger partial charge in [0.1, 0.15) is 11.6 Å². The number of aryl methyl sites for hydroxylation is 1. The molecular formula is C18H23N3O3. The number of anilines is 1. The molecule has 0 amide bonds. The maximum atomic E-state index is 12.2. The maximum absolute atomic E-state index is 12.2. The van der Waals surface area contributed by atoms with Crippen LogP contribution in [0.15, 0.2) is 30.5 Å². The molecular weight excluding hydrogens is 306 g/mol. The van der Waals surface area contributed by atoms with Gasteiger partial charge < -0.3 is 14.8 Å². The topological polar surface area (TPSA) is 73.3 Å². The molecule has 6 nitrogen and oxygen atoms in total. The largest absolute Gasteiger partial charge is 0.497 e. The minimum absolute atomic E-state index is 0.0682. The van der Waals surface area contributed by atoms with E-state index in [2.05, 4.69) is 22.2 Å². The second kappa shape index (κ2) is 8.86. The fourth-order valence-corrected chi connectivity index (χ4v) is 2.08. The van der Waals surface area contributed by atoms with Gasteiger partial charge in [-0.2, -0.15) is 0 Å². The molecule has 1 N–H and O–H groups in total. The summed E-state index contributed by atoms with van der Waals surface area (Å²) in [7, 11) is 1.59. The van der Waals surface area contributed by atoms with E-state index in [1.165, 1.54) is 0 Å². The SMILES string of the molecule is CCCCNc1nc(C)ncc1OCC(=O)c1ccc(OC)cc1. The van der Waals surface area contributed by atoms with E-state index >= 15 is 0 Å². The summed E-state index contributed by atoms with van der Waals surface area (Å²) in [5.74, 6) is 2.36. The van der Waals surface area contributed by atoms with E-state index in [0.29, 0.717) is 28.7 Å². The van der Waals surface area contributed by atoms with Crippen LogP contribution in [0.2, 0.25) is 0 Å². The van der Waals surface area contributed by atoms with E-state index in [9.17, 15) is 4.79 Å². The van der Waals surface area contributed by atoms with Gasteiger partial charge in [-0.1, -0.05) is 13.3 Å². The molecule has 128 valence electrons. The number of ketones is 1. The molecule has 0 aliphatic rings. The number of hydrogen-bond donors (Lipinski definition) is 1. The molecule has 24 heavy (non-hydrogen) atoms. The number of benzene rings is 1. The van der Waals surface area contributed by atoms with Gasteiger partial charge in [0.05, 0.1) is 13.3 Å². The summed E-state index contributed by atoms with van der Waals surface area (Å²) in [4.78, 5) is 20.7. The van der Waals surface area contributed by atoms with Gasteiger partial charge in [0.25, 0.3) is 0 Å². The molecule has 0 aliphatic heterocycles. The van der Waals surface area contributed by atoms with Crippen molar-refractivity contribution in [1.82, 2.24) is 9.97 Å². The van der Waals surface area contributed by atoms with Crippen LogP contribution < -0.4 is 14.8 Å². The van der Waals surface area contributed by atoms with Crippen LogP contribution in [-0.2, 0) is 0 Å². The Labute approximate surface area is 142 Å². The lowest BCUT2D eigenvalue weighted by atomic mass is 10.1. The van der Waals surface area contributed by atoms with Crippen molar-refractivity contribution in [3.63, 3.8) is 0 Å². The average molecular weight is 329 g/mol. The van der Waals surface area contributed by atoms with Crippen molar-refractivity contribution in [2.75, 3.05) is 25.6 Å². The number of nitrogens with zero attached hydrogens (tertiary/aromatic N) is 2. The molecule has 0 bridgehead atoms. The van der Waals surface area contributed by atoms with Crippen molar-refractivity contribution < 1.29 is 14.3 Å². The predicted octanol–water partition coefficient (Wildman–Crippen LogP) is 3.27. The first-order valence-corrected chi connectivity index (χ1v) is 8.01. The van der Waals surface area contributed by atoms with Gasteiger partial charge in [-0.25, -0.2) is 9.97 Å². The zero-order valence-corrected chi connectivity index (χ0v) is 14.3. The van der Waals surface area contributed by atoms with Gasteiger partial charge >= 0.3 is 0 Å². The van der Waals surface area contributed by atoms with Crippen LogP contribution in [0.25, 0.3) is 0 Å². The van der Waals surface area contributed by atoms with E-state index in [1.807, 2.05) is 6.92 Å². The molecule has 1 aromatic heterocycles. The molecule has 0 atom stereocenters. The number of carbonyl (C=O) groups excluding carboxylic acids is 1. The van der Waals surface area contributed by atoms with Crippen LogP contribution in [0.1, 0.15) is 35.9 Å². The zero-order valence-electron chi connectivity index (χ0n) is 14.3. The Hall–Kier alpha value is -2.63. The standard InChI is InChI=1S/C18H23N3O3/c1-4-5-10-19-18-17(11-20-13(2)21-18)24-12-16(22)14-6-8-15(23-3)9-7-14/h6-9,11H,4-5,10,12H2,1-3H3,(H,19,20,21). The van der Waals surface area contributed by atoms with Gasteiger partial charge in [-0.3, -0.25) is 4.79 Å². The maximum Gasteiger partial charge on any atom is 0.200 e. The minimum Gasteiger partial charge on any atom is -0.497 e. The number of aromatic nitrogens is 2. The van der Waals surface area contributed by atoms with Gasteiger partial charge in [0.15, 0.2) is 24.0 Å². The molecule has 2 rings (SSSR count). The summed E-state index contributed by atoms with van der Waals surface area (Å²) in [6.07, 6.45) is 3.72. The smallest absolute Gasteiger partial charge is 0.200 e. The molecule has 1 aromatic carbocycles. The zero-order chi connectivity index (χ0) is 17.4. The predicted molar refractivity (Wildman–Crippen MR) is 93.0 cm³/mol. The van der Waals surface area contributed by atoms with Crippen LogP contribution in [0.3, 0.4) is 0 Å². The van der Waals surface area contributed by atoms with Gasteiger partial charge in [-0.05, 0) is 37.6 Å². The molecule has 0 saturated carbocycles. The number of Topliss-reactive ketones (excluding diaryl/α,β-unsaturated/α-hetero) is 1. The fourth-order valence-electron chi connectivity index (χ4n) is 2.08. The number of nitrogens with one attached hydrogen (secondary N) is 1. The summed E-state index contributed by atoms with van der Waals surface area (Å²) in [5, 5.41) is 3.23. The second-order valence-electron chi connectivity index (χ2n) is 5.35. The summed E-state index contributed by atoms with van der Waals surface area (Å²) in [6.45, 7) is 4.67. The van der Waals surface area contributed by atoms with Crippen molar-refractivity contribution in [2.24, 2.45) is 0 Å². The molecule has 6 heteroatoms. The van der Waals surface area contributed by atoms with Gasteiger partial charge in [0.2, 0.25) is 0 Å². The molecule has 0 saturated heterocycles. The van der Waals surface area contributed by atoms with Crippen LogP contribution in [0, 0.1) is 6.92 Å². The second-order valence-corrected chi connectivity index (χ2v) is 5.35. The third-order valence-electron chi connectivity index (χ3n) is 3.47. The molecule has 1 heterocycles. The van der Waals surface area contributed by atoms with Crippen LogP contribution in [-0.4, -0.2) is 36.0 Å². The Balaban J connectivity index is 2.00. The van der Waals surface area contributed by atoms with Gasteiger partial charge in [0, 0.05) is 12.1 Å². The first-order chi connectivity index (χ1) is 11.6. The first-order valence-electron chi connectivity index (χ1n) is 8.01.